The highest BCUT2D eigenvalue weighted by atomic mass is 35.5. The van der Waals surface area contributed by atoms with Crippen LogP contribution in [0.3, 0.4) is 0 Å². The van der Waals surface area contributed by atoms with Gasteiger partial charge in [0.05, 0.1) is 22.7 Å². The van der Waals surface area contributed by atoms with Gasteiger partial charge in [0.25, 0.3) is 5.91 Å². The molecule has 4 nitrogen and oxygen atoms in total. The van der Waals surface area contributed by atoms with Gasteiger partial charge in [0.15, 0.2) is 5.82 Å². The molecule has 9 heteroatoms. The van der Waals surface area contributed by atoms with Crippen molar-refractivity contribution < 1.29 is 18.0 Å². The first kappa shape index (κ1) is 19.3. The Labute approximate surface area is 162 Å². The predicted octanol–water partition coefficient (Wildman–Crippen LogP) is 5.51. The summed E-state index contributed by atoms with van der Waals surface area (Å²) in [5.74, 6) is -0.268. The maximum atomic E-state index is 13.2. The van der Waals surface area contributed by atoms with Crippen LogP contribution in [0.5, 0.6) is 0 Å². The van der Waals surface area contributed by atoms with Gasteiger partial charge in [0.1, 0.15) is 0 Å². The first-order valence-corrected chi connectivity index (χ1v) is 8.44. The van der Waals surface area contributed by atoms with E-state index in [1.165, 1.54) is 29.1 Å². The summed E-state index contributed by atoms with van der Waals surface area (Å²) in [5.41, 5.74) is -0.545. The Morgan fingerprint density at radius 1 is 1.11 bits per heavy atom. The molecule has 0 bridgehead atoms. The van der Waals surface area contributed by atoms with E-state index in [4.69, 9.17) is 23.2 Å². The number of nitrogens with one attached hydrogen (secondary N) is 1. The Morgan fingerprint density at radius 3 is 2.56 bits per heavy atom. The van der Waals surface area contributed by atoms with E-state index in [0.717, 1.165) is 6.07 Å². The van der Waals surface area contributed by atoms with E-state index >= 15 is 0 Å². The van der Waals surface area contributed by atoms with Crippen molar-refractivity contribution in [2.24, 2.45) is 0 Å². The average Bonchev–Trinajstić information content (AvgIpc) is 3.03. The summed E-state index contributed by atoms with van der Waals surface area (Å²) in [6, 6.07) is 11.5. The zero-order valence-electron chi connectivity index (χ0n) is 13.6. The van der Waals surface area contributed by atoms with Crippen LogP contribution >= 0.6 is 23.2 Å². The van der Waals surface area contributed by atoms with Gasteiger partial charge in [0.2, 0.25) is 0 Å². The Balaban J connectivity index is 1.78. The van der Waals surface area contributed by atoms with E-state index < -0.39 is 17.6 Å². The quantitative estimate of drug-likeness (QED) is 0.612. The molecule has 0 aliphatic rings. The molecule has 0 atom stereocenters. The highest BCUT2D eigenvalue weighted by molar-refractivity contribution is 6.34. The fourth-order valence-electron chi connectivity index (χ4n) is 2.47. The maximum absolute atomic E-state index is 13.2. The molecule has 0 radical (unpaired) electrons. The number of anilines is 1. The normalized spacial score (nSPS) is 11.4. The van der Waals surface area contributed by atoms with Crippen LogP contribution < -0.4 is 5.32 Å². The number of halogens is 5. The van der Waals surface area contributed by atoms with Gasteiger partial charge in [-0.05, 0) is 29.8 Å². The van der Waals surface area contributed by atoms with Crippen molar-refractivity contribution in [3.63, 3.8) is 0 Å². The minimum atomic E-state index is -4.53. The zero-order chi connectivity index (χ0) is 19.6. The number of alkyl halides is 3. The highest BCUT2D eigenvalue weighted by Crippen LogP contribution is 2.34. The molecule has 3 aromatic rings. The van der Waals surface area contributed by atoms with Gasteiger partial charge in [-0.3, -0.25) is 9.48 Å². The van der Waals surface area contributed by atoms with E-state index in [1.807, 2.05) is 0 Å². The molecule has 1 N–H and O–H groups in total. The fourth-order valence-corrected chi connectivity index (χ4v) is 2.86. The molecule has 1 aromatic heterocycles. The van der Waals surface area contributed by atoms with Crippen LogP contribution in [0.25, 0.3) is 0 Å². The Morgan fingerprint density at radius 2 is 1.85 bits per heavy atom. The summed E-state index contributed by atoms with van der Waals surface area (Å²) in [6.45, 7) is -0.131. The predicted molar refractivity (Wildman–Crippen MR) is 97.2 cm³/mol. The number of hydrogen-bond acceptors (Lipinski definition) is 2. The molecule has 0 unspecified atom stereocenters. The maximum Gasteiger partial charge on any atom is 0.416 e. The van der Waals surface area contributed by atoms with Crippen molar-refractivity contribution in [1.29, 1.82) is 0 Å². The lowest BCUT2D eigenvalue weighted by molar-refractivity contribution is -0.138. The van der Waals surface area contributed by atoms with Crippen molar-refractivity contribution in [3.05, 3.63) is 81.5 Å². The molecule has 0 aliphatic carbocycles. The topological polar surface area (TPSA) is 46.9 Å². The molecule has 0 saturated heterocycles. The first-order chi connectivity index (χ1) is 12.7. The Hall–Kier alpha value is -2.51. The second-order valence-corrected chi connectivity index (χ2v) is 6.48. The van der Waals surface area contributed by atoms with Crippen LogP contribution in [-0.4, -0.2) is 15.7 Å². The monoisotopic (exact) mass is 413 g/mol. The van der Waals surface area contributed by atoms with Crippen molar-refractivity contribution >= 4 is 34.9 Å². The largest absolute Gasteiger partial charge is 0.416 e. The summed E-state index contributed by atoms with van der Waals surface area (Å²) >= 11 is 11.6. The molecule has 0 aliphatic heterocycles. The summed E-state index contributed by atoms with van der Waals surface area (Å²) in [4.78, 5) is 12.2. The van der Waals surface area contributed by atoms with E-state index in [0.29, 0.717) is 0 Å². The second kappa shape index (κ2) is 7.62. The fraction of sp³-hybridized carbons (Fsp3) is 0.111. The summed E-state index contributed by atoms with van der Waals surface area (Å²) < 4.78 is 40.8. The van der Waals surface area contributed by atoms with Crippen molar-refractivity contribution in [3.8, 4) is 0 Å². The number of carbonyl (C=O) groups is 1. The lowest BCUT2D eigenvalue weighted by atomic mass is 10.1. The summed E-state index contributed by atoms with van der Waals surface area (Å²) in [5, 5.41) is 6.93. The molecule has 140 valence electrons. The van der Waals surface area contributed by atoms with Crippen LogP contribution in [0.15, 0.2) is 54.7 Å². The Kier molecular flexibility index (Phi) is 5.43. The van der Waals surface area contributed by atoms with Crippen molar-refractivity contribution in [1.82, 2.24) is 9.78 Å². The number of nitrogens with zero attached hydrogens (tertiary/aromatic N) is 2. The third-order valence-corrected chi connectivity index (χ3v) is 4.28. The third kappa shape index (κ3) is 4.61. The number of aromatic nitrogens is 2. The smallest absolute Gasteiger partial charge is 0.305 e. The molecule has 1 heterocycles. The number of amides is 1. The summed E-state index contributed by atoms with van der Waals surface area (Å²) in [6.07, 6.45) is -3.06. The lowest BCUT2D eigenvalue weighted by Crippen LogP contribution is -2.14. The third-order valence-electron chi connectivity index (χ3n) is 3.71. The minimum Gasteiger partial charge on any atom is -0.305 e. The van der Waals surface area contributed by atoms with Gasteiger partial charge >= 0.3 is 6.18 Å². The molecule has 2 aromatic carbocycles. The van der Waals surface area contributed by atoms with E-state index in [2.05, 4.69) is 10.4 Å². The average molecular weight is 414 g/mol. The highest BCUT2D eigenvalue weighted by Gasteiger charge is 2.33. The van der Waals surface area contributed by atoms with Gasteiger partial charge in [-0.1, -0.05) is 41.4 Å². The summed E-state index contributed by atoms with van der Waals surface area (Å²) in [7, 11) is 0. The van der Waals surface area contributed by atoms with Crippen LogP contribution in [0.4, 0.5) is 19.0 Å². The number of benzene rings is 2. The molecular formula is C18H12Cl2F3N3O. The van der Waals surface area contributed by atoms with Crippen LogP contribution in [0.1, 0.15) is 21.5 Å². The van der Waals surface area contributed by atoms with Gasteiger partial charge < -0.3 is 5.32 Å². The van der Waals surface area contributed by atoms with Crippen molar-refractivity contribution in [2.75, 3.05) is 5.32 Å². The number of rotatable bonds is 4. The molecule has 1 amide bonds. The minimum absolute atomic E-state index is 0.000711. The molecule has 0 saturated carbocycles. The van der Waals surface area contributed by atoms with E-state index in [1.54, 1.807) is 24.3 Å². The molecule has 27 heavy (non-hydrogen) atoms. The number of carbonyl (C=O) groups excluding carboxylic acids is 1. The number of hydrogen-bond donors (Lipinski definition) is 1. The van der Waals surface area contributed by atoms with Gasteiger partial charge in [0, 0.05) is 17.3 Å². The second-order valence-electron chi connectivity index (χ2n) is 5.63. The first-order valence-electron chi connectivity index (χ1n) is 7.69. The Bertz CT molecular complexity index is 986. The van der Waals surface area contributed by atoms with Gasteiger partial charge in [-0.25, -0.2) is 0 Å². The van der Waals surface area contributed by atoms with Crippen molar-refractivity contribution in [2.45, 2.75) is 12.7 Å². The molecular weight excluding hydrogens is 402 g/mol. The standard InChI is InChI=1S/C18H12Cl2F3N3O/c19-12-6-5-11(14(9-12)18(21,22)23)10-26-8-7-16(25-26)24-17(27)13-3-1-2-4-15(13)20/h1-9H,10H2,(H,24,25,27). The molecule has 3 rings (SSSR count). The van der Waals surface area contributed by atoms with Gasteiger partial charge in [-0.2, -0.15) is 18.3 Å². The lowest BCUT2D eigenvalue weighted by Gasteiger charge is -2.13. The SMILES string of the molecule is O=C(Nc1ccn(Cc2ccc(Cl)cc2C(F)(F)F)n1)c1ccccc1Cl. The van der Waals surface area contributed by atoms with E-state index in [9.17, 15) is 18.0 Å². The zero-order valence-corrected chi connectivity index (χ0v) is 15.1. The van der Waals surface area contributed by atoms with Gasteiger partial charge in [-0.15, -0.1) is 0 Å². The van der Waals surface area contributed by atoms with Crippen LogP contribution in [0.2, 0.25) is 10.0 Å². The molecule has 0 spiro atoms. The van der Waals surface area contributed by atoms with Crippen LogP contribution in [0, 0.1) is 0 Å². The van der Waals surface area contributed by atoms with Crippen LogP contribution in [-0.2, 0) is 12.7 Å². The van der Waals surface area contributed by atoms with E-state index in [-0.39, 0.29) is 33.5 Å². The molecule has 0 fully saturated rings.